The number of carbonyl (C=O) groups excluding carboxylic acids is 1. The number of thioether (sulfide) groups is 1. The van der Waals surface area contributed by atoms with E-state index in [2.05, 4.69) is 36.3 Å². The summed E-state index contributed by atoms with van der Waals surface area (Å²) in [7, 11) is 0. The van der Waals surface area contributed by atoms with E-state index < -0.39 is 0 Å². The Morgan fingerprint density at radius 2 is 2.12 bits per heavy atom. The highest BCUT2D eigenvalue weighted by atomic mass is 32.2. The van der Waals surface area contributed by atoms with Gasteiger partial charge in [0.05, 0.1) is 12.0 Å². The fraction of sp³-hybridized carbons (Fsp3) is 0.611. The Labute approximate surface area is 153 Å². The molecule has 0 saturated heterocycles. The van der Waals surface area contributed by atoms with Crippen molar-refractivity contribution >= 4 is 17.7 Å². The first kappa shape index (κ1) is 19.6. The Morgan fingerprint density at radius 1 is 1.32 bits per heavy atom. The van der Waals surface area contributed by atoms with Gasteiger partial charge in [-0.25, -0.2) is 0 Å². The number of hydrogen-bond acceptors (Lipinski definition) is 5. The van der Waals surface area contributed by atoms with Gasteiger partial charge in [0.2, 0.25) is 5.91 Å². The third kappa shape index (κ3) is 5.92. The van der Waals surface area contributed by atoms with Crippen LogP contribution < -0.4 is 5.32 Å². The number of rotatable bonds is 10. The lowest BCUT2D eigenvalue weighted by Crippen LogP contribution is -2.33. The SMILES string of the molecule is CCn1c(SCC(=O)NC(C)CCCC(C)C)nnc1-c1ccco1. The molecule has 0 radical (unpaired) electrons. The number of furan rings is 1. The second kappa shape index (κ2) is 9.65. The van der Waals surface area contributed by atoms with Gasteiger partial charge in [0.1, 0.15) is 0 Å². The summed E-state index contributed by atoms with van der Waals surface area (Å²) >= 11 is 1.40. The topological polar surface area (TPSA) is 73.0 Å². The number of hydrogen-bond donors (Lipinski definition) is 1. The van der Waals surface area contributed by atoms with Gasteiger partial charge in [-0.15, -0.1) is 10.2 Å². The summed E-state index contributed by atoms with van der Waals surface area (Å²) in [5.41, 5.74) is 0. The third-order valence-electron chi connectivity index (χ3n) is 3.93. The largest absolute Gasteiger partial charge is 0.461 e. The molecule has 1 amide bonds. The van der Waals surface area contributed by atoms with E-state index >= 15 is 0 Å². The van der Waals surface area contributed by atoms with Crippen LogP contribution in [0.4, 0.5) is 0 Å². The molecule has 0 bridgehead atoms. The van der Waals surface area contributed by atoms with E-state index in [1.165, 1.54) is 18.2 Å². The van der Waals surface area contributed by atoms with Crippen LogP contribution in [0.25, 0.3) is 11.6 Å². The molecule has 0 fully saturated rings. The molecule has 6 nitrogen and oxygen atoms in total. The normalized spacial score (nSPS) is 12.5. The maximum Gasteiger partial charge on any atom is 0.230 e. The van der Waals surface area contributed by atoms with Gasteiger partial charge in [-0.1, -0.05) is 38.5 Å². The van der Waals surface area contributed by atoms with Crippen molar-refractivity contribution in [2.75, 3.05) is 5.75 Å². The van der Waals surface area contributed by atoms with Crippen LogP contribution in [0.5, 0.6) is 0 Å². The lowest BCUT2D eigenvalue weighted by Gasteiger charge is -2.14. The van der Waals surface area contributed by atoms with Gasteiger partial charge in [-0.3, -0.25) is 9.36 Å². The Kier molecular flexibility index (Phi) is 7.55. The van der Waals surface area contributed by atoms with E-state index in [0.717, 1.165) is 24.5 Å². The van der Waals surface area contributed by atoms with Crippen molar-refractivity contribution < 1.29 is 9.21 Å². The Bertz CT molecular complexity index is 652. The first-order valence-electron chi connectivity index (χ1n) is 8.90. The Hall–Kier alpha value is -1.76. The fourth-order valence-corrected chi connectivity index (χ4v) is 3.43. The van der Waals surface area contributed by atoms with E-state index in [-0.39, 0.29) is 11.9 Å². The van der Waals surface area contributed by atoms with Crippen LogP contribution in [0.2, 0.25) is 0 Å². The van der Waals surface area contributed by atoms with Crippen LogP contribution in [0.3, 0.4) is 0 Å². The minimum Gasteiger partial charge on any atom is -0.461 e. The maximum absolute atomic E-state index is 12.2. The zero-order valence-electron chi connectivity index (χ0n) is 15.5. The van der Waals surface area contributed by atoms with Crippen LogP contribution in [0.15, 0.2) is 28.0 Å². The highest BCUT2D eigenvalue weighted by molar-refractivity contribution is 7.99. The predicted molar refractivity (Wildman–Crippen MR) is 100 cm³/mol. The van der Waals surface area contributed by atoms with E-state index in [9.17, 15) is 4.79 Å². The van der Waals surface area contributed by atoms with Gasteiger partial charge in [-0.05, 0) is 38.3 Å². The predicted octanol–water partition coefficient (Wildman–Crippen LogP) is 3.98. The summed E-state index contributed by atoms with van der Waals surface area (Å²) < 4.78 is 7.36. The first-order valence-corrected chi connectivity index (χ1v) is 9.89. The molecule has 0 aliphatic carbocycles. The van der Waals surface area contributed by atoms with Crippen molar-refractivity contribution in [1.82, 2.24) is 20.1 Å². The molecule has 0 aliphatic rings. The zero-order chi connectivity index (χ0) is 18.2. The summed E-state index contributed by atoms with van der Waals surface area (Å²) in [5.74, 6) is 2.46. The second-order valence-corrected chi connectivity index (χ2v) is 7.55. The van der Waals surface area contributed by atoms with Gasteiger partial charge in [0.25, 0.3) is 0 Å². The summed E-state index contributed by atoms with van der Waals surface area (Å²) in [5, 5.41) is 12.2. The summed E-state index contributed by atoms with van der Waals surface area (Å²) in [6, 6.07) is 3.88. The molecule has 25 heavy (non-hydrogen) atoms. The van der Waals surface area contributed by atoms with E-state index in [1.54, 1.807) is 6.26 Å². The smallest absolute Gasteiger partial charge is 0.230 e. The van der Waals surface area contributed by atoms with E-state index in [0.29, 0.717) is 23.3 Å². The van der Waals surface area contributed by atoms with Gasteiger partial charge in [0, 0.05) is 12.6 Å². The van der Waals surface area contributed by atoms with Crippen molar-refractivity contribution in [2.45, 2.75) is 64.7 Å². The Balaban J connectivity index is 1.84. The van der Waals surface area contributed by atoms with Crippen LogP contribution in [-0.4, -0.2) is 32.5 Å². The Morgan fingerprint density at radius 3 is 2.76 bits per heavy atom. The maximum atomic E-state index is 12.2. The van der Waals surface area contributed by atoms with E-state index in [1.807, 2.05) is 23.6 Å². The molecule has 2 heterocycles. The average molecular weight is 365 g/mol. The molecule has 0 aliphatic heterocycles. The quantitative estimate of drug-likeness (QED) is 0.646. The molecule has 1 atom stereocenters. The van der Waals surface area contributed by atoms with Crippen molar-refractivity contribution in [1.29, 1.82) is 0 Å². The standard InChI is InChI=1S/C18H28N4O2S/c1-5-22-17(15-10-7-11-24-15)20-21-18(22)25-12-16(23)19-14(4)9-6-8-13(2)3/h7,10-11,13-14H,5-6,8-9,12H2,1-4H3,(H,19,23). The number of aromatic nitrogens is 3. The van der Waals surface area contributed by atoms with E-state index in [4.69, 9.17) is 4.42 Å². The summed E-state index contributed by atoms with van der Waals surface area (Å²) in [6.45, 7) is 9.25. The molecule has 0 spiro atoms. The highest BCUT2D eigenvalue weighted by Crippen LogP contribution is 2.24. The van der Waals surface area contributed by atoms with Crippen LogP contribution in [0.1, 0.15) is 47.0 Å². The minimum atomic E-state index is 0.0345. The van der Waals surface area contributed by atoms with Crippen LogP contribution in [0, 0.1) is 5.92 Å². The fourth-order valence-electron chi connectivity index (χ4n) is 2.62. The van der Waals surface area contributed by atoms with Crippen molar-refractivity contribution in [3.8, 4) is 11.6 Å². The lowest BCUT2D eigenvalue weighted by atomic mass is 10.0. The zero-order valence-corrected chi connectivity index (χ0v) is 16.3. The molecule has 2 aromatic heterocycles. The molecule has 2 aromatic rings. The molecule has 1 N–H and O–H groups in total. The second-order valence-electron chi connectivity index (χ2n) is 6.61. The number of amides is 1. The highest BCUT2D eigenvalue weighted by Gasteiger charge is 2.16. The lowest BCUT2D eigenvalue weighted by molar-refractivity contribution is -0.119. The number of nitrogens with zero attached hydrogens (tertiary/aromatic N) is 3. The average Bonchev–Trinajstić information content (AvgIpc) is 3.21. The van der Waals surface area contributed by atoms with Crippen molar-refractivity contribution in [3.63, 3.8) is 0 Å². The molecule has 0 aromatic carbocycles. The van der Waals surface area contributed by atoms with Gasteiger partial charge in [0.15, 0.2) is 16.7 Å². The van der Waals surface area contributed by atoms with Crippen LogP contribution in [-0.2, 0) is 11.3 Å². The van der Waals surface area contributed by atoms with Crippen molar-refractivity contribution in [2.24, 2.45) is 5.92 Å². The molecule has 2 rings (SSSR count). The summed E-state index contributed by atoms with van der Waals surface area (Å²) in [6.07, 6.45) is 4.97. The molecule has 138 valence electrons. The molecule has 1 unspecified atom stereocenters. The third-order valence-corrected chi connectivity index (χ3v) is 4.90. The number of nitrogens with one attached hydrogen (secondary N) is 1. The molecule has 7 heteroatoms. The van der Waals surface area contributed by atoms with Gasteiger partial charge < -0.3 is 9.73 Å². The minimum absolute atomic E-state index is 0.0345. The van der Waals surface area contributed by atoms with Crippen molar-refractivity contribution in [3.05, 3.63) is 18.4 Å². The van der Waals surface area contributed by atoms with Gasteiger partial charge in [-0.2, -0.15) is 0 Å². The molecule has 0 saturated carbocycles. The molecular weight excluding hydrogens is 336 g/mol. The molecular formula is C18H28N4O2S. The monoisotopic (exact) mass is 364 g/mol. The van der Waals surface area contributed by atoms with Crippen LogP contribution >= 0.6 is 11.8 Å². The summed E-state index contributed by atoms with van der Waals surface area (Å²) in [4.78, 5) is 12.2. The van der Waals surface area contributed by atoms with Gasteiger partial charge >= 0.3 is 0 Å². The number of carbonyl (C=O) groups is 1. The first-order chi connectivity index (χ1) is 12.0.